The zero-order valence-electron chi connectivity index (χ0n) is 20.2. The van der Waals surface area contributed by atoms with Gasteiger partial charge in [-0.15, -0.1) is 0 Å². The number of nitrogens with one attached hydrogen (secondary N) is 2. The van der Waals surface area contributed by atoms with Crippen LogP contribution in [0.25, 0.3) is 22.3 Å². The van der Waals surface area contributed by atoms with Crippen LogP contribution < -0.4 is 10.0 Å². The number of hydrogen-bond donors (Lipinski definition) is 2. The van der Waals surface area contributed by atoms with Crippen LogP contribution in [-0.2, 0) is 10.0 Å². The maximum atomic E-state index is 13.5. The molecule has 2 N–H and O–H groups in total. The van der Waals surface area contributed by atoms with E-state index in [-0.39, 0.29) is 17.7 Å². The Morgan fingerprint density at radius 1 is 1.06 bits per heavy atom. The molecule has 35 heavy (non-hydrogen) atoms. The van der Waals surface area contributed by atoms with Gasteiger partial charge in [-0.25, -0.2) is 18.1 Å². The number of carbonyl (C=O) groups is 1. The lowest BCUT2D eigenvalue weighted by Gasteiger charge is -2.15. The van der Waals surface area contributed by atoms with Crippen LogP contribution in [0, 0.1) is 6.92 Å². The molecule has 0 bridgehead atoms. The van der Waals surface area contributed by atoms with E-state index in [4.69, 9.17) is 4.98 Å². The SMILES string of the molecule is CCCS(=O)(=O)Nc1cccc(NC(=O)c2cc(-c3ccccc3)nc3c2cnn3C(C)C)c1C. The molecule has 2 aromatic heterocycles. The zero-order valence-corrected chi connectivity index (χ0v) is 21.1. The Bertz CT molecular complexity index is 1480. The standard InChI is InChI=1S/C26H29N5O3S/c1-5-14-35(33,34)30-23-13-9-12-22(18(23)4)29-26(32)20-15-24(19-10-7-6-8-11-19)28-25-21(20)16-27-31(25)17(2)3/h6-13,15-17,30H,5,14H2,1-4H3,(H,29,32). The molecular weight excluding hydrogens is 462 g/mol. The van der Waals surface area contributed by atoms with Crippen molar-refractivity contribution in [2.45, 2.75) is 40.2 Å². The van der Waals surface area contributed by atoms with Gasteiger partial charge >= 0.3 is 0 Å². The van der Waals surface area contributed by atoms with Crippen molar-refractivity contribution in [2.75, 3.05) is 15.8 Å². The summed E-state index contributed by atoms with van der Waals surface area (Å²) in [6.07, 6.45) is 2.17. The molecular formula is C26H29N5O3S. The van der Waals surface area contributed by atoms with E-state index in [1.54, 1.807) is 42.1 Å². The molecule has 2 heterocycles. The highest BCUT2D eigenvalue weighted by Gasteiger charge is 2.20. The summed E-state index contributed by atoms with van der Waals surface area (Å²) in [7, 11) is -3.46. The van der Waals surface area contributed by atoms with Gasteiger partial charge < -0.3 is 5.32 Å². The molecule has 0 aliphatic heterocycles. The van der Waals surface area contributed by atoms with E-state index in [0.29, 0.717) is 45.6 Å². The maximum Gasteiger partial charge on any atom is 0.256 e. The lowest BCUT2D eigenvalue weighted by Crippen LogP contribution is -2.18. The van der Waals surface area contributed by atoms with E-state index in [1.807, 2.05) is 51.1 Å². The van der Waals surface area contributed by atoms with E-state index in [1.165, 1.54) is 0 Å². The molecule has 4 aromatic rings. The Hall–Kier alpha value is -3.72. The summed E-state index contributed by atoms with van der Waals surface area (Å²) in [5.74, 6) is -0.297. The minimum absolute atomic E-state index is 0.0279. The fourth-order valence-electron chi connectivity index (χ4n) is 3.90. The van der Waals surface area contributed by atoms with Crippen molar-refractivity contribution < 1.29 is 13.2 Å². The molecule has 0 saturated carbocycles. The van der Waals surface area contributed by atoms with Crippen molar-refractivity contribution in [2.24, 2.45) is 0 Å². The summed E-state index contributed by atoms with van der Waals surface area (Å²) in [6, 6.07) is 16.6. The van der Waals surface area contributed by atoms with Gasteiger partial charge in [0, 0.05) is 17.3 Å². The first-order chi connectivity index (χ1) is 16.7. The smallest absolute Gasteiger partial charge is 0.256 e. The maximum absolute atomic E-state index is 13.5. The third-order valence-electron chi connectivity index (χ3n) is 5.69. The second-order valence-corrected chi connectivity index (χ2v) is 10.5. The van der Waals surface area contributed by atoms with E-state index >= 15 is 0 Å². The second-order valence-electron chi connectivity index (χ2n) is 8.69. The van der Waals surface area contributed by atoms with Crippen molar-refractivity contribution in [3.8, 4) is 11.3 Å². The molecule has 182 valence electrons. The van der Waals surface area contributed by atoms with Gasteiger partial charge in [-0.3, -0.25) is 9.52 Å². The number of anilines is 2. The van der Waals surface area contributed by atoms with E-state index in [9.17, 15) is 13.2 Å². The monoisotopic (exact) mass is 491 g/mol. The minimum atomic E-state index is -3.46. The third kappa shape index (κ3) is 5.19. The minimum Gasteiger partial charge on any atom is -0.322 e. The summed E-state index contributed by atoms with van der Waals surface area (Å²) in [5.41, 5.74) is 4.23. The molecule has 0 aliphatic rings. The average Bonchev–Trinajstić information content (AvgIpc) is 3.26. The van der Waals surface area contributed by atoms with Gasteiger partial charge in [-0.05, 0) is 51.0 Å². The Morgan fingerprint density at radius 2 is 1.77 bits per heavy atom. The van der Waals surface area contributed by atoms with Crippen LogP contribution in [0.5, 0.6) is 0 Å². The lowest BCUT2D eigenvalue weighted by atomic mass is 10.1. The van der Waals surface area contributed by atoms with Crippen LogP contribution in [0.1, 0.15) is 49.2 Å². The fourth-order valence-corrected chi connectivity index (χ4v) is 5.09. The molecule has 9 heteroatoms. The van der Waals surface area contributed by atoms with Crippen molar-refractivity contribution in [1.82, 2.24) is 14.8 Å². The highest BCUT2D eigenvalue weighted by Crippen LogP contribution is 2.29. The normalized spacial score (nSPS) is 11.7. The van der Waals surface area contributed by atoms with Gasteiger partial charge in [0.2, 0.25) is 10.0 Å². The van der Waals surface area contributed by atoms with Crippen LogP contribution in [0.4, 0.5) is 11.4 Å². The van der Waals surface area contributed by atoms with Gasteiger partial charge in [-0.1, -0.05) is 43.3 Å². The number of benzene rings is 2. The number of carbonyl (C=O) groups excluding carboxylic acids is 1. The van der Waals surface area contributed by atoms with Crippen molar-refractivity contribution >= 4 is 38.3 Å². The molecule has 0 radical (unpaired) electrons. The predicted octanol–water partition coefficient (Wildman–Crippen LogP) is 5.39. The first-order valence-corrected chi connectivity index (χ1v) is 13.2. The second kappa shape index (κ2) is 9.87. The number of sulfonamides is 1. The van der Waals surface area contributed by atoms with Gasteiger partial charge in [0.05, 0.1) is 34.3 Å². The van der Waals surface area contributed by atoms with Crippen LogP contribution in [-0.4, -0.2) is 34.8 Å². The first-order valence-electron chi connectivity index (χ1n) is 11.6. The molecule has 0 fully saturated rings. The van der Waals surface area contributed by atoms with Crippen molar-refractivity contribution in [1.29, 1.82) is 0 Å². The van der Waals surface area contributed by atoms with Crippen molar-refractivity contribution in [3.05, 3.63) is 71.9 Å². The number of aromatic nitrogens is 3. The van der Waals surface area contributed by atoms with Crippen LogP contribution in [0.15, 0.2) is 60.8 Å². The molecule has 0 aliphatic carbocycles. The lowest BCUT2D eigenvalue weighted by molar-refractivity contribution is 0.102. The van der Waals surface area contributed by atoms with E-state index in [2.05, 4.69) is 15.1 Å². The molecule has 8 nitrogen and oxygen atoms in total. The van der Waals surface area contributed by atoms with Gasteiger partial charge in [0.25, 0.3) is 5.91 Å². The average molecular weight is 492 g/mol. The molecule has 0 unspecified atom stereocenters. The quantitative estimate of drug-likeness (QED) is 0.344. The number of pyridine rings is 1. The summed E-state index contributed by atoms with van der Waals surface area (Å²) in [5, 5.41) is 8.07. The highest BCUT2D eigenvalue weighted by atomic mass is 32.2. The predicted molar refractivity (Wildman–Crippen MR) is 140 cm³/mol. The van der Waals surface area contributed by atoms with Crippen LogP contribution >= 0.6 is 0 Å². The summed E-state index contributed by atoms with van der Waals surface area (Å²) < 4.78 is 28.9. The zero-order chi connectivity index (χ0) is 25.2. The summed E-state index contributed by atoms with van der Waals surface area (Å²) in [4.78, 5) is 18.3. The van der Waals surface area contributed by atoms with Gasteiger partial charge in [0.1, 0.15) is 0 Å². The third-order valence-corrected chi connectivity index (χ3v) is 7.17. The molecule has 1 amide bonds. The molecule has 2 aromatic carbocycles. The topological polar surface area (TPSA) is 106 Å². The summed E-state index contributed by atoms with van der Waals surface area (Å²) in [6.45, 7) is 7.60. The number of nitrogens with zero attached hydrogens (tertiary/aromatic N) is 3. The van der Waals surface area contributed by atoms with E-state index < -0.39 is 10.0 Å². The number of hydrogen-bond acceptors (Lipinski definition) is 5. The van der Waals surface area contributed by atoms with Crippen molar-refractivity contribution in [3.63, 3.8) is 0 Å². The van der Waals surface area contributed by atoms with Crippen LogP contribution in [0.3, 0.4) is 0 Å². The highest BCUT2D eigenvalue weighted by molar-refractivity contribution is 7.92. The number of fused-ring (bicyclic) bond motifs is 1. The summed E-state index contributed by atoms with van der Waals surface area (Å²) >= 11 is 0. The van der Waals surface area contributed by atoms with Gasteiger partial charge in [0.15, 0.2) is 5.65 Å². The Balaban J connectivity index is 1.75. The Morgan fingerprint density at radius 3 is 2.46 bits per heavy atom. The number of rotatable bonds is 8. The largest absolute Gasteiger partial charge is 0.322 e. The molecule has 4 rings (SSSR count). The van der Waals surface area contributed by atoms with Crippen LogP contribution in [0.2, 0.25) is 0 Å². The van der Waals surface area contributed by atoms with Gasteiger partial charge in [-0.2, -0.15) is 5.10 Å². The number of amides is 1. The molecule has 0 saturated heterocycles. The Labute approximate surface area is 205 Å². The van der Waals surface area contributed by atoms with E-state index in [0.717, 1.165) is 5.56 Å². The first kappa shape index (κ1) is 24.4. The Kier molecular flexibility index (Phi) is 6.88. The molecule has 0 atom stereocenters. The molecule has 0 spiro atoms. The fraction of sp³-hybridized carbons (Fsp3) is 0.269.